The topological polar surface area (TPSA) is 63.2 Å². The molecule has 0 aromatic heterocycles. The van der Waals surface area contributed by atoms with Crippen LogP contribution in [0.2, 0.25) is 0 Å². The molecule has 2 aromatic rings. The lowest BCUT2D eigenvalue weighted by Gasteiger charge is -2.19. The first-order valence-corrected chi connectivity index (χ1v) is 10.1. The highest BCUT2D eigenvalue weighted by molar-refractivity contribution is 7.89. The molecule has 1 aliphatic rings. The van der Waals surface area contributed by atoms with Gasteiger partial charge >= 0.3 is 0 Å². The van der Waals surface area contributed by atoms with Gasteiger partial charge in [-0.3, -0.25) is 4.79 Å². The standard InChI is InChI=1S/C19H21NO3S/c1-24(22,23)13-14-7-9-17(10-8-14)19(21)20-18(16-11-12-16)15-5-3-2-4-6-15/h2-10,16,18H,11-13H2,1H3,(H,20,21). The van der Waals surface area contributed by atoms with Crippen LogP contribution in [0.3, 0.4) is 0 Å². The van der Waals surface area contributed by atoms with Crippen LogP contribution < -0.4 is 5.32 Å². The number of amides is 1. The fourth-order valence-electron chi connectivity index (χ4n) is 2.84. The predicted octanol–water partition coefficient (Wildman–Crippen LogP) is 3.11. The van der Waals surface area contributed by atoms with Crippen molar-refractivity contribution in [2.24, 2.45) is 5.92 Å². The monoisotopic (exact) mass is 343 g/mol. The molecule has 0 heterocycles. The summed E-state index contributed by atoms with van der Waals surface area (Å²) >= 11 is 0. The van der Waals surface area contributed by atoms with Crippen LogP contribution in [0.15, 0.2) is 54.6 Å². The molecule has 0 saturated heterocycles. The summed E-state index contributed by atoms with van der Waals surface area (Å²) in [6, 6.07) is 16.8. The van der Waals surface area contributed by atoms with Crippen molar-refractivity contribution in [3.8, 4) is 0 Å². The number of nitrogens with one attached hydrogen (secondary N) is 1. The molecule has 0 radical (unpaired) electrons. The van der Waals surface area contributed by atoms with E-state index in [-0.39, 0.29) is 17.7 Å². The Morgan fingerprint density at radius 1 is 1.08 bits per heavy atom. The smallest absolute Gasteiger partial charge is 0.251 e. The highest BCUT2D eigenvalue weighted by Gasteiger charge is 2.33. The van der Waals surface area contributed by atoms with Gasteiger partial charge < -0.3 is 5.32 Å². The third-order valence-electron chi connectivity index (χ3n) is 4.18. The molecule has 1 unspecified atom stereocenters. The van der Waals surface area contributed by atoms with E-state index in [1.54, 1.807) is 24.3 Å². The second-order valence-corrected chi connectivity index (χ2v) is 8.61. The van der Waals surface area contributed by atoms with Crippen molar-refractivity contribution in [1.29, 1.82) is 0 Å². The lowest BCUT2D eigenvalue weighted by atomic mass is 10.0. The Morgan fingerprint density at radius 3 is 2.25 bits per heavy atom. The van der Waals surface area contributed by atoms with E-state index in [4.69, 9.17) is 0 Å². The number of hydrogen-bond acceptors (Lipinski definition) is 3. The number of sulfone groups is 1. The molecule has 1 fully saturated rings. The molecule has 1 saturated carbocycles. The molecule has 126 valence electrons. The van der Waals surface area contributed by atoms with Gasteiger partial charge in [-0.1, -0.05) is 42.5 Å². The van der Waals surface area contributed by atoms with Crippen molar-refractivity contribution in [3.63, 3.8) is 0 Å². The summed E-state index contributed by atoms with van der Waals surface area (Å²) in [6.45, 7) is 0. The Kier molecular flexibility index (Phi) is 4.71. The van der Waals surface area contributed by atoms with E-state index in [1.165, 1.54) is 6.26 Å². The van der Waals surface area contributed by atoms with Crippen molar-refractivity contribution in [1.82, 2.24) is 5.32 Å². The van der Waals surface area contributed by atoms with Gasteiger partial charge in [0.15, 0.2) is 9.84 Å². The average Bonchev–Trinajstić information content (AvgIpc) is 3.37. The van der Waals surface area contributed by atoms with Gasteiger partial charge in [0.25, 0.3) is 5.91 Å². The Bertz CT molecular complexity index is 809. The van der Waals surface area contributed by atoms with Gasteiger partial charge in [-0.05, 0) is 42.0 Å². The summed E-state index contributed by atoms with van der Waals surface area (Å²) in [7, 11) is -3.07. The van der Waals surface area contributed by atoms with E-state index in [2.05, 4.69) is 5.32 Å². The zero-order valence-corrected chi connectivity index (χ0v) is 14.4. The van der Waals surface area contributed by atoms with E-state index >= 15 is 0 Å². The minimum Gasteiger partial charge on any atom is -0.345 e. The second-order valence-electron chi connectivity index (χ2n) is 6.47. The van der Waals surface area contributed by atoms with E-state index in [0.717, 1.165) is 18.4 Å². The Hall–Kier alpha value is -2.14. The summed E-state index contributed by atoms with van der Waals surface area (Å²) in [6.07, 6.45) is 3.47. The summed E-state index contributed by atoms with van der Waals surface area (Å²) in [5, 5.41) is 3.12. The molecule has 1 N–H and O–H groups in total. The minimum absolute atomic E-state index is 0.0103. The number of carbonyl (C=O) groups excluding carboxylic acids is 1. The first kappa shape index (κ1) is 16.7. The molecule has 0 spiro atoms. The molecule has 4 nitrogen and oxygen atoms in total. The molecule has 2 aromatic carbocycles. The summed E-state index contributed by atoms with van der Waals surface area (Å²) < 4.78 is 22.6. The average molecular weight is 343 g/mol. The van der Waals surface area contributed by atoms with Crippen LogP contribution >= 0.6 is 0 Å². The van der Waals surface area contributed by atoms with Gasteiger partial charge in [0, 0.05) is 11.8 Å². The van der Waals surface area contributed by atoms with Crippen molar-refractivity contribution >= 4 is 15.7 Å². The molecule has 0 aliphatic heterocycles. The van der Waals surface area contributed by atoms with Gasteiger partial charge in [-0.15, -0.1) is 0 Å². The number of benzene rings is 2. The molecule has 24 heavy (non-hydrogen) atoms. The lowest BCUT2D eigenvalue weighted by Crippen LogP contribution is -2.29. The summed E-state index contributed by atoms with van der Waals surface area (Å²) in [4.78, 5) is 12.5. The maximum Gasteiger partial charge on any atom is 0.251 e. The lowest BCUT2D eigenvalue weighted by molar-refractivity contribution is 0.0931. The van der Waals surface area contributed by atoms with Crippen LogP contribution in [0.25, 0.3) is 0 Å². The van der Waals surface area contributed by atoms with Gasteiger partial charge in [0.1, 0.15) is 0 Å². The van der Waals surface area contributed by atoms with Crippen LogP contribution in [-0.2, 0) is 15.6 Å². The molecule has 3 rings (SSSR count). The number of carbonyl (C=O) groups is 1. The van der Waals surface area contributed by atoms with E-state index in [1.807, 2.05) is 30.3 Å². The zero-order chi connectivity index (χ0) is 17.2. The van der Waals surface area contributed by atoms with Crippen LogP contribution in [0, 0.1) is 5.92 Å². The first-order valence-electron chi connectivity index (χ1n) is 8.05. The minimum atomic E-state index is -3.07. The highest BCUT2D eigenvalue weighted by Crippen LogP contribution is 2.41. The van der Waals surface area contributed by atoms with Crippen LogP contribution in [-0.4, -0.2) is 20.6 Å². The van der Waals surface area contributed by atoms with E-state index in [9.17, 15) is 13.2 Å². The van der Waals surface area contributed by atoms with Crippen molar-refractivity contribution in [3.05, 3.63) is 71.3 Å². The third-order valence-corrected chi connectivity index (χ3v) is 5.04. The zero-order valence-electron chi connectivity index (χ0n) is 13.6. The largest absolute Gasteiger partial charge is 0.345 e. The van der Waals surface area contributed by atoms with Gasteiger partial charge in [-0.2, -0.15) is 0 Å². The van der Waals surface area contributed by atoms with Gasteiger partial charge in [0.2, 0.25) is 0 Å². The van der Waals surface area contributed by atoms with Crippen LogP contribution in [0.4, 0.5) is 0 Å². The fraction of sp³-hybridized carbons (Fsp3) is 0.316. The molecule has 5 heteroatoms. The maximum atomic E-state index is 12.5. The summed E-state index contributed by atoms with van der Waals surface area (Å²) in [5.41, 5.74) is 2.37. The van der Waals surface area contributed by atoms with Crippen LogP contribution in [0.5, 0.6) is 0 Å². The Labute approximate surface area is 142 Å². The van der Waals surface area contributed by atoms with Gasteiger partial charge in [-0.25, -0.2) is 8.42 Å². The second kappa shape index (κ2) is 6.77. The van der Waals surface area contributed by atoms with Crippen molar-refractivity contribution in [2.75, 3.05) is 6.26 Å². The molecule has 1 amide bonds. The van der Waals surface area contributed by atoms with Crippen molar-refractivity contribution in [2.45, 2.75) is 24.6 Å². The van der Waals surface area contributed by atoms with Crippen LogP contribution in [0.1, 0.15) is 40.4 Å². The Balaban J connectivity index is 1.71. The molecule has 1 aliphatic carbocycles. The maximum absolute atomic E-state index is 12.5. The normalized spacial score (nSPS) is 15.7. The quantitative estimate of drug-likeness (QED) is 0.876. The van der Waals surface area contributed by atoms with Gasteiger partial charge in [0.05, 0.1) is 11.8 Å². The molecule has 1 atom stereocenters. The Morgan fingerprint density at radius 2 is 1.71 bits per heavy atom. The first-order chi connectivity index (χ1) is 11.4. The summed E-state index contributed by atoms with van der Waals surface area (Å²) in [5.74, 6) is 0.367. The third kappa shape index (κ3) is 4.45. The fourth-order valence-corrected chi connectivity index (χ4v) is 3.64. The molecule has 0 bridgehead atoms. The number of rotatable bonds is 6. The predicted molar refractivity (Wildman–Crippen MR) is 94.4 cm³/mol. The highest BCUT2D eigenvalue weighted by atomic mass is 32.2. The SMILES string of the molecule is CS(=O)(=O)Cc1ccc(C(=O)NC(c2ccccc2)C2CC2)cc1. The molecular weight excluding hydrogens is 322 g/mol. The number of hydrogen-bond donors (Lipinski definition) is 1. The van der Waals surface area contributed by atoms with Crippen molar-refractivity contribution < 1.29 is 13.2 Å². The van der Waals surface area contributed by atoms with E-state index < -0.39 is 9.84 Å². The van der Waals surface area contributed by atoms with E-state index in [0.29, 0.717) is 17.0 Å². The molecular formula is C19H21NO3S.